The van der Waals surface area contributed by atoms with Gasteiger partial charge in [0.25, 0.3) is 15.9 Å². The lowest BCUT2D eigenvalue weighted by Crippen LogP contribution is -2.31. The topological polar surface area (TPSA) is 114 Å². The fourth-order valence-corrected chi connectivity index (χ4v) is 3.93. The molecule has 0 amide bonds. The van der Waals surface area contributed by atoms with Gasteiger partial charge in [-0.3, -0.25) is 0 Å². The summed E-state index contributed by atoms with van der Waals surface area (Å²) in [6, 6.07) is 2.04. The van der Waals surface area contributed by atoms with Crippen molar-refractivity contribution in [2.45, 2.75) is 37.4 Å². The summed E-state index contributed by atoms with van der Waals surface area (Å²) in [5, 5.41) is 9.05. The van der Waals surface area contributed by atoms with Gasteiger partial charge in [-0.25, -0.2) is 23.4 Å². The number of hydrogen-bond donors (Lipinski definition) is 0. The van der Waals surface area contributed by atoms with E-state index < -0.39 is 10.0 Å². The van der Waals surface area contributed by atoms with Gasteiger partial charge < -0.3 is 9.30 Å². The number of hydrogen-bond acceptors (Lipinski definition) is 7. The molecule has 25 heavy (non-hydrogen) atoms. The van der Waals surface area contributed by atoms with Crippen molar-refractivity contribution < 1.29 is 13.2 Å². The van der Waals surface area contributed by atoms with Crippen molar-refractivity contribution in [1.29, 1.82) is 5.26 Å². The minimum absolute atomic E-state index is 0.0269. The van der Waals surface area contributed by atoms with Gasteiger partial charge in [0.15, 0.2) is 5.03 Å². The summed E-state index contributed by atoms with van der Waals surface area (Å²) in [6.45, 7) is 4.40. The Morgan fingerprint density at radius 2 is 2.08 bits per heavy atom. The van der Waals surface area contributed by atoms with Crippen LogP contribution in [-0.2, 0) is 10.0 Å². The Morgan fingerprint density at radius 3 is 2.76 bits per heavy atom. The summed E-state index contributed by atoms with van der Waals surface area (Å²) in [5.74, 6) is 0.123. The Balaban J connectivity index is 1.72. The van der Waals surface area contributed by atoms with Gasteiger partial charge in [0.05, 0.1) is 12.9 Å². The Labute approximate surface area is 146 Å². The van der Waals surface area contributed by atoms with Crippen LogP contribution < -0.4 is 4.74 Å². The summed E-state index contributed by atoms with van der Waals surface area (Å²) < 4.78 is 34.2. The minimum Gasteiger partial charge on any atom is -0.471 e. The Kier molecular flexibility index (Phi) is 4.69. The third-order valence-electron chi connectivity index (χ3n) is 3.93. The molecule has 0 N–H and O–H groups in total. The van der Waals surface area contributed by atoms with Crippen molar-refractivity contribution in [3.8, 4) is 11.9 Å². The van der Waals surface area contributed by atoms with Crippen LogP contribution in [-0.4, -0.2) is 51.4 Å². The average Bonchev–Trinajstić information content (AvgIpc) is 3.25. The van der Waals surface area contributed by atoms with E-state index in [4.69, 9.17) is 10.00 Å². The standard InChI is InChI=1S/C15H18N6O3S/c1-11(2)20-9-14(19-10-20)25(22,23)21-6-3-12(8-21)24-15-13(7-16)17-4-5-18-15/h4-5,9-12H,3,6,8H2,1-2H3. The van der Waals surface area contributed by atoms with Crippen LogP contribution in [0.15, 0.2) is 29.9 Å². The second-order valence-electron chi connectivity index (χ2n) is 5.97. The molecule has 1 aliphatic heterocycles. The van der Waals surface area contributed by atoms with Gasteiger partial charge in [-0.15, -0.1) is 0 Å². The summed E-state index contributed by atoms with van der Waals surface area (Å²) in [5.41, 5.74) is 0.0829. The van der Waals surface area contributed by atoms with E-state index in [0.29, 0.717) is 13.0 Å². The Morgan fingerprint density at radius 1 is 1.32 bits per heavy atom. The van der Waals surface area contributed by atoms with Crippen LogP contribution in [0.2, 0.25) is 0 Å². The van der Waals surface area contributed by atoms with Crippen molar-refractivity contribution in [1.82, 2.24) is 23.8 Å². The van der Waals surface area contributed by atoms with Gasteiger partial charge >= 0.3 is 0 Å². The lowest BCUT2D eigenvalue weighted by Gasteiger charge is -2.15. The highest BCUT2D eigenvalue weighted by molar-refractivity contribution is 7.89. The Bertz CT molecular complexity index is 902. The molecule has 1 fully saturated rings. The molecular formula is C15H18N6O3S. The van der Waals surface area contributed by atoms with Crippen LogP contribution in [0.25, 0.3) is 0 Å². The normalized spacial score (nSPS) is 18.4. The van der Waals surface area contributed by atoms with Crippen LogP contribution >= 0.6 is 0 Å². The monoisotopic (exact) mass is 362 g/mol. The van der Waals surface area contributed by atoms with E-state index in [-0.39, 0.29) is 35.3 Å². The van der Waals surface area contributed by atoms with Gasteiger partial charge in [0.2, 0.25) is 5.69 Å². The highest BCUT2D eigenvalue weighted by Crippen LogP contribution is 2.24. The number of sulfonamides is 1. The second kappa shape index (κ2) is 6.78. The third kappa shape index (κ3) is 3.47. The highest BCUT2D eigenvalue weighted by Gasteiger charge is 2.35. The smallest absolute Gasteiger partial charge is 0.262 e. The summed E-state index contributed by atoms with van der Waals surface area (Å²) in [6.07, 6.45) is 6.00. The fourth-order valence-electron chi connectivity index (χ4n) is 2.52. The SMILES string of the molecule is CC(C)n1cnc(S(=O)(=O)N2CCC(Oc3nccnc3C#N)C2)c1. The van der Waals surface area contributed by atoms with Crippen molar-refractivity contribution in [2.75, 3.05) is 13.1 Å². The maximum atomic E-state index is 12.7. The number of ether oxygens (including phenoxy) is 1. The van der Waals surface area contributed by atoms with Crippen LogP contribution in [0.1, 0.15) is 32.0 Å². The maximum absolute atomic E-state index is 12.7. The highest BCUT2D eigenvalue weighted by atomic mass is 32.2. The van der Waals surface area contributed by atoms with Gasteiger partial charge in [-0.2, -0.15) is 9.57 Å². The van der Waals surface area contributed by atoms with E-state index in [0.717, 1.165) is 0 Å². The van der Waals surface area contributed by atoms with E-state index in [1.54, 1.807) is 4.57 Å². The first kappa shape index (κ1) is 17.3. The molecule has 10 heteroatoms. The summed E-state index contributed by atoms with van der Waals surface area (Å²) >= 11 is 0. The quantitative estimate of drug-likeness (QED) is 0.778. The lowest BCUT2D eigenvalue weighted by molar-refractivity contribution is 0.205. The van der Waals surface area contributed by atoms with Gasteiger partial charge in [-0.05, 0) is 20.3 Å². The molecule has 1 aliphatic rings. The third-order valence-corrected chi connectivity index (χ3v) is 5.69. The van der Waals surface area contributed by atoms with Gasteiger partial charge in [-0.1, -0.05) is 0 Å². The van der Waals surface area contributed by atoms with Crippen molar-refractivity contribution in [2.24, 2.45) is 0 Å². The van der Waals surface area contributed by atoms with Crippen molar-refractivity contribution in [3.05, 3.63) is 30.6 Å². The second-order valence-corrected chi connectivity index (χ2v) is 7.85. The predicted molar refractivity (Wildman–Crippen MR) is 87.2 cm³/mol. The largest absolute Gasteiger partial charge is 0.471 e. The number of imidazole rings is 1. The average molecular weight is 362 g/mol. The number of aromatic nitrogens is 4. The number of nitrogens with zero attached hydrogens (tertiary/aromatic N) is 6. The van der Waals surface area contributed by atoms with E-state index >= 15 is 0 Å². The molecule has 3 heterocycles. The maximum Gasteiger partial charge on any atom is 0.262 e. The molecule has 0 saturated carbocycles. The van der Waals surface area contributed by atoms with Crippen LogP contribution in [0, 0.1) is 11.3 Å². The number of nitriles is 1. The molecule has 1 saturated heterocycles. The van der Waals surface area contributed by atoms with Crippen LogP contribution in [0.5, 0.6) is 5.88 Å². The molecule has 0 aromatic carbocycles. The molecule has 2 aromatic heterocycles. The van der Waals surface area contributed by atoms with E-state index in [9.17, 15) is 8.42 Å². The zero-order valence-electron chi connectivity index (χ0n) is 13.9. The van der Waals surface area contributed by atoms with E-state index in [1.807, 2.05) is 19.9 Å². The Hall–Kier alpha value is -2.51. The van der Waals surface area contributed by atoms with Gasteiger partial charge in [0, 0.05) is 31.2 Å². The molecule has 132 valence electrons. The summed E-state index contributed by atoms with van der Waals surface area (Å²) in [4.78, 5) is 11.9. The van der Waals surface area contributed by atoms with Crippen LogP contribution in [0.4, 0.5) is 0 Å². The first-order chi connectivity index (χ1) is 11.9. The predicted octanol–water partition coefficient (Wildman–Crippen LogP) is 0.968. The molecule has 3 rings (SSSR count). The molecule has 1 atom stereocenters. The first-order valence-electron chi connectivity index (χ1n) is 7.83. The summed E-state index contributed by atoms with van der Waals surface area (Å²) in [7, 11) is -3.67. The molecule has 0 radical (unpaired) electrons. The zero-order valence-corrected chi connectivity index (χ0v) is 14.7. The van der Waals surface area contributed by atoms with E-state index in [1.165, 1.54) is 29.2 Å². The molecule has 2 aromatic rings. The van der Waals surface area contributed by atoms with Crippen molar-refractivity contribution in [3.63, 3.8) is 0 Å². The molecule has 0 aliphatic carbocycles. The molecule has 9 nitrogen and oxygen atoms in total. The minimum atomic E-state index is -3.67. The van der Waals surface area contributed by atoms with Crippen molar-refractivity contribution >= 4 is 10.0 Å². The number of rotatable bonds is 5. The lowest BCUT2D eigenvalue weighted by atomic mass is 10.3. The molecular weight excluding hydrogens is 344 g/mol. The zero-order chi connectivity index (χ0) is 18.0. The fraction of sp³-hybridized carbons (Fsp3) is 0.467. The molecule has 0 spiro atoms. The molecule has 1 unspecified atom stereocenters. The van der Waals surface area contributed by atoms with Gasteiger partial charge in [0.1, 0.15) is 12.2 Å². The van der Waals surface area contributed by atoms with Crippen LogP contribution in [0.3, 0.4) is 0 Å². The first-order valence-corrected chi connectivity index (χ1v) is 9.27. The molecule has 0 bridgehead atoms. The van der Waals surface area contributed by atoms with E-state index in [2.05, 4.69) is 15.0 Å².